The van der Waals surface area contributed by atoms with Crippen LogP contribution in [0.3, 0.4) is 0 Å². The van der Waals surface area contributed by atoms with Crippen LogP contribution >= 0.6 is 0 Å². The van der Waals surface area contributed by atoms with Gasteiger partial charge in [-0.25, -0.2) is 0 Å². The molecule has 0 spiro atoms. The Morgan fingerprint density at radius 1 is 0.317 bits per heavy atom. The highest BCUT2D eigenvalue weighted by Crippen LogP contribution is 2.17. The third kappa shape index (κ3) is 47.5. The fourth-order valence-corrected chi connectivity index (χ4v) is 8.22. The normalized spacial score (nSPS) is 11.9. The van der Waals surface area contributed by atoms with Gasteiger partial charge in [0.1, 0.15) is 13.2 Å². The van der Waals surface area contributed by atoms with Gasteiger partial charge in [0.15, 0.2) is 6.10 Å². The first-order valence-electron chi connectivity index (χ1n) is 26.9. The molecule has 0 radical (unpaired) electrons. The second-order valence-corrected chi connectivity index (χ2v) is 19.0. The van der Waals surface area contributed by atoms with Crippen molar-refractivity contribution in [3.8, 4) is 0 Å². The van der Waals surface area contributed by atoms with E-state index in [1.165, 1.54) is 199 Å². The first-order chi connectivity index (χ1) is 29.4. The molecule has 0 fully saturated rings. The average molecular weight is 849 g/mol. The molecule has 0 saturated carbocycles. The van der Waals surface area contributed by atoms with Crippen LogP contribution < -0.4 is 0 Å². The van der Waals surface area contributed by atoms with Crippen LogP contribution in [0.2, 0.25) is 0 Å². The molecule has 0 aromatic heterocycles. The Morgan fingerprint density at radius 2 is 0.550 bits per heavy atom. The van der Waals surface area contributed by atoms with Gasteiger partial charge in [0.05, 0.1) is 0 Å². The summed E-state index contributed by atoms with van der Waals surface area (Å²) in [6.45, 7) is 8.97. The fraction of sp³-hybridized carbons (Fsp3) is 0.944. The first-order valence-corrected chi connectivity index (χ1v) is 26.9. The van der Waals surface area contributed by atoms with Gasteiger partial charge in [0, 0.05) is 19.3 Å². The van der Waals surface area contributed by atoms with E-state index < -0.39 is 6.10 Å². The van der Waals surface area contributed by atoms with Crippen molar-refractivity contribution in [1.82, 2.24) is 0 Å². The van der Waals surface area contributed by atoms with Gasteiger partial charge in [-0.2, -0.15) is 0 Å². The molecular formula is C54H104O6. The molecule has 0 N–H and O–H groups in total. The van der Waals surface area contributed by atoms with Crippen molar-refractivity contribution in [3.63, 3.8) is 0 Å². The number of carbonyl (C=O) groups excluding carboxylic acids is 3. The van der Waals surface area contributed by atoms with E-state index in [-0.39, 0.29) is 31.1 Å². The minimum atomic E-state index is -0.761. The van der Waals surface area contributed by atoms with Crippen molar-refractivity contribution in [1.29, 1.82) is 0 Å². The van der Waals surface area contributed by atoms with Gasteiger partial charge in [0.2, 0.25) is 0 Å². The Kier molecular flexibility index (Phi) is 47.2. The maximum Gasteiger partial charge on any atom is 0.306 e. The third-order valence-corrected chi connectivity index (χ3v) is 12.3. The quantitative estimate of drug-likeness (QED) is 0.0345. The third-order valence-electron chi connectivity index (χ3n) is 12.3. The summed E-state index contributed by atoms with van der Waals surface area (Å²) in [5.74, 6) is -0.0889. The molecule has 0 aliphatic rings. The summed E-state index contributed by atoms with van der Waals surface area (Å²) < 4.78 is 16.8. The fourth-order valence-electron chi connectivity index (χ4n) is 8.22. The Bertz CT molecular complexity index is 903. The van der Waals surface area contributed by atoms with E-state index in [9.17, 15) is 14.4 Å². The zero-order chi connectivity index (χ0) is 43.8. The van der Waals surface area contributed by atoms with E-state index >= 15 is 0 Å². The van der Waals surface area contributed by atoms with Crippen molar-refractivity contribution < 1.29 is 28.6 Å². The highest BCUT2D eigenvalue weighted by molar-refractivity contribution is 5.71. The van der Waals surface area contributed by atoms with Crippen LogP contribution in [0.25, 0.3) is 0 Å². The zero-order valence-electron chi connectivity index (χ0n) is 40.9. The molecule has 60 heavy (non-hydrogen) atoms. The lowest BCUT2D eigenvalue weighted by atomic mass is 10.0. The van der Waals surface area contributed by atoms with Gasteiger partial charge >= 0.3 is 17.9 Å². The maximum absolute atomic E-state index is 12.7. The lowest BCUT2D eigenvalue weighted by Crippen LogP contribution is -2.30. The minimum absolute atomic E-state index is 0.0638. The number of carbonyl (C=O) groups is 3. The van der Waals surface area contributed by atoms with E-state index in [0.29, 0.717) is 19.3 Å². The average Bonchev–Trinajstić information content (AvgIpc) is 3.23. The minimum Gasteiger partial charge on any atom is -0.462 e. The van der Waals surface area contributed by atoms with Crippen LogP contribution in [0, 0.1) is 5.92 Å². The molecule has 0 bridgehead atoms. The number of hydrogen-bond acceptors (Lipinski definition) is 6. The van der Waals surface area contributed by atoms with E-state index in [1.807, 2.05) is 0 Å². The number of ether oxygens (including phenoxy) is 3. The van der Waals surface area contributed by atoms with Gasteiger partial charge in [-0.3, -0.25) is 14.4 Å². The van der Waals surface area contributed by atoms with E-state index in [0.717, 1.165) is 63.7 Å². The first kappa shape index (κ1) is 58.4. The highest BCUT2D eigenvalue weighted by atomic mass is 16.6. The highest BCUT2D eigenvalue weighted by Gasteiger charge is 2.19. The van der Waals surface area contributed by atoms with E-state index in [2.05, 4.69) is 27.7 Å². The summed E-state index contributed by atoms with van der Waals surface area (Å²) >= 11 is 0. The molecule has 0 aromatic carbocycles. The number of hydrogen-bond donors (Lipinski definition) is 0. The van der Waals surface area contributed by atoms with Crippen LogP contribution in [0.15, 0.2) is 0 Å². The van der Waals surface area contributed by atoms with Crippen molar-refractivity contribution in [3.05, 3.63) is 0 Å². The molecule has 0 heterocycles. The summed E-state index contributed by atoms with van der Waals surface area (Å²) in [6, 6.07) is 0. The van der Waals surface area contributed by atoms with E-state index in [1.54, 1.807) is 0 Å². The number of rotatable bonds is 49. The molecule has 0 amide bonds. The molecule has 6 heteroatoms. The van der Waals surface area contributed by atoms with Gasteiger partial charge in [-0.05, 0) is 25.2 Å². The molecule has 0 rings (SSSR count). The Morgan fingerprint density at radius 3 is 0.817 bits per heavy atom. The van der Waals surface area contributed by atoms with Crippen molar-refractivity contribution >= 4 is 17.9 Å². The number of esters is 3. The SMILES string of the molecule is CCCCCCCCCCCCCCCCCCCCC(=O)OC[C@H](COC(=O)CCCCCCCCCCCCCCCCC)OC(=O)CCCCCCCCC(C)C. The molecule has 356 valence electrons. The molecular weight excluding hydrogens is 745 g/mol. The van der Waals surface area contributed by atoms with Crippen LogP contribution in [0.4, 0.5) is 0 Å². The topological polar surface area (TPSA) is 78.9 Å². The Labute approximate surface area is 374 Å². The van der Waals surface area contributed by atoms with Crippen LogP contribution in [0.1, 0.15) is 304 Å². The van der Waals surface area contributed by atoms with E-state index in [4.69, 9.17) is 14.2 Å². The second-order valence-electron chi connectivity index (χ2n) is 19.0. The predicted octanol–water partition coefficient (Wildman–Crippen LogP) is 17.5. The summed E-state index contributed by atoms with van der Waals surface area (Å²) in [7, 11) is 0. The maximum atomic E-state index is 12.7. The van der Waals surface area contributed by atoms with Gasteiger partial charge in [0.25, 0.3) is 0 Å². The zero-order valence-corrected chi connectivity index (χ0v) is 40.9. The van der Waals surface area contributed by atoms with Crippen LogP contribution in [0.5, 0.6) is 0 Å². The lowest BCUT2D eigenvalue weighted by Gasteiger charge is -2.18. The Hall–Kier alpha value is -1.59. The van der Waals surface area contributed by atoms with Gasteiger partial charge in [-0.1, -0.05) is 265 Å². The molecule has 6 nitrogen and oxygen atoms in total. The molecule has 0 saturated heterocycles. The molecule has 0 aliphatic carbocycles. The van der Waals surface area contributed by atoms with Crippen LogP contribution in [-0.4, -0.2) is 37.2 Å². The van der Waals surface area contributed by atoms with Crippen molar-refractivity contribution in [2.24, 2.45) is 5.92 Å². The Balaban J connectivity index is 4.21. The van der Waals surface area contributed by atoms with Gasteiger partial charge in [-0.15, -0.1) is 0 Å². The monoisotopic (exact) mass is 849 g/mol. The summed E-state index contributed by atoms with van der Waals surface area (Å²) in [5, 5.41) is 0. The standard InChI is InChI=1S/C54H104O6/c1-5-7-9-11-13-15-17-19-21-22-23-25-27-29-31-33-38-42-46-53(56)59-49-51(60-54(57)47-43-39-35-34-36-40-44-50(3)4)48-58-52(55)45-41-37-32-30-28-26-24-20-18-16-14-12-10-8-6-2/h50-51H,5-49H2,1-4H3/t51-/m0/s1. The van der Waals surface area contributed by atoms with Crippen molar-refractivity contribution in [2.45, 2.75) is 310 Å². The molecule has 0 aromatic rings. The predicted molar refractivity (Wildman–Crippen MR) is 257 cm³/mol. The second kappa shape index (κ2) is 48.4. The van der Waals surface area contributed by atoms with Crippen molar-refractivity contribution in [2.75, 3.05) is 13.2 Å². The summed E-state index contributed by atoms with van der Waals surface area (Å²) in [6.07, 6.45) is 51.1. The van der Waals surface area contributed by atoms with Crippen LogP contribution in [-0.2, 0) is 28.6 Å². The molecule has 1 atom stereocenters. The number of unbranched alkanes of at least 4 members (excludes halogenated alkanes) is 36. The van der Waals surface area contributed by atoms with Gasteiger partial charge < -0.3 is 14.2 Å². The molecule has 0 unspecified atom stereocenters. The molecule has 0 aliphatic heterocycles. The summed E-state index contributed by atoms with van der Waals surface area (Å²) in [5.41, 5.74) is 0. The summed E-state index contributed by atoms with van der Waals surface area (Å²) in [4.78, 5) is 37.9. The largest absolute Gasteiger partial charge is 0.462 e. The lowest BCUT2D eigenvalue weighted by molar-refractivity contribution is -0.167. The smallest absolute Gasteiger partial charge is 0.306 e.